The van der Waals surface area contributed by atoms with Crippen LogP contribution in [0.15, 0.2) is 189 Å². The van der Waals surface area contributed by atoms with E-state index in [1.165, 1.54) is 0 Å². The molecule has 59 heavy (non-hydrogen) atoms. The summed E-state index contributed by atoms with van der Waals surface area (Å²) in [6.07, 6.45) is 7.12. The number of hydrogen-bond donors (Lipinski definition) is 0. The van der Waals surface area contributed by atoms with Gasteiger partial charge in [-0.2, -0.15) is 22.9 Å². The number of rotatable bonds is 9. The van der Waals surface area contributed by atoms with Crippen LogP contribution >= 0.6 is 0 Å². The molecule has 0 bridgehead atoms. The summed E-state index contributed by atoms with van der Waals surface area (Å²) >= 11 is 0. The standard InChI is InChI=1S/C50H31N7.2Pd/c1-3-16-38(17-4-1)55(40-20-11-14-36(32-40)46-22-7-9-28-51-46)42-24-26-44-45-27-25-43(35-49(45)57(48(44)34-42)50-53-30-13-31-54-50)56(39-18-5-2-6-19-39)41-21-12-15-37(33-41)47-23-8-10-29-52-47;;/h1-31H;;/q-4;2*+2. The van der Waals surface area contributed by atoms with Crippen LogP contribution < -0.4 is 9.80 Å². The molecule has 0 spiro atoms. The smallest absolute Gasteiger partial charge is 0.352 e. The molecule has 286 valence electrons. The van der Waals surface area contributed by atoms with Crippen LogP contribution in [0.5, 0.6) is 0 Å². The molecule has 4 aromatic heterocycles. The minimum atomic E-state index is 0. The number of anilines is 6. The third kappa shape index (κ3) is 7.74. The molecule has 0 unspecified atom stereocenters. The minimum Gasteiger partial charge on any atom is -0.352 e. The molecule has 0 saturated heterocycles. The summed E-state index contributed by atoms with van der Waals surface area (Å²) in [5, 5.41) is 2.00. The van der Waals surface area contributed by atoms with Gasteiger partial charge in [0.15, 0.2) is 0 Å². The van der Waals surface area contributed by atoms with Crippen molar-refractivity contribution in [3.05, 3.63) is 213 Å². The van der Waals surface area contributed by atoms with Gasteiger partial charge in [0, 0.05) is 36.2 Å². The molecule has 0 aliphatic carbocycles. The van der Waals surface area contributed by atoms with Crippen LogP contribution in [-0.4, -0.2) is 24.5 Å². The van der Waals surface area contributed by atoms with Crippen LogP contribution in [0.2, 0.25) is 0 Å². The van der Waals surface area contributed by atoms with Gasteiger partial charge in [-0.15, -0.1) is 83.9 Å². The van der Waals surface area contributed by atoms with Crippen LogP contribution in [0.1, 0.15) is 0 Å². The number of para-hydroxylation sites is 2. The average Bonchev–Trinajstić information content (AvgIpc) is 3.61. The number of aromatic nitrogens is 5. The van der Waals surface area contributed by atoms with Crippen molar-refractivity contribution >= 4 is 55.9 Å². The summed E-state index contributed by atoms with van der Waals surface area (Å²) in [4.78, 5) is 23.0. The Hall–Kier alpha value is -6.58. The molecule has 4 heterocycles. The zero-order valence-corrected chi connectivity index (χ0v) is 34.3. The molecular weight excluding hydrogens is 911 g/mol. The molecule has 0 aliphatic heterocycles. The Morgan fingerprint density at radius 1 is 0.356 bits per heavy atom. The molecule has 0 amide bonds. The average molecular weight is 943 g/mol. The third-order valence-electron chi connectivity index (χ3n) is 9.74. The predicted molar refractivity (Wildman–Crippen MR) is 228 cm³/mol. The van der Waals surface area contributed by atoms with E-state index in [-0.39, 0.29) is 40.8 Å². The van der Waals surface area contributed by atoms with E-state index in [1.807, 2.05) is 108 Å². The molecule has 0 radical (unpaired) electrons. The van der Waals surface area contributed by atoms with Gasteiger partial charge in [-0.25, -0.2) is 9.97 Å². The van der Waals surface area contributed by atoms with E-state index in [2.05, 4.69) is 105 Å². The number of hydrogen-bond acceptors (Lipinski definition) is 6. The largest absolute Gasteiger partial charge is 2.00 e. The number of benzene rings is 6. The van der Waals surface area contributed by atoms with Gasteiger partial charge in [-0.05, 0) is 65.2 Å². The van der Waals surface area contributed by atoms with Gasteiger partial charge < -0.3 is 24.3 Å². The number of fused-ring (bicyclic) bond motifs is 3. The van der Waals surface area contributed by atoms with Crippen LogP contribution in [0.25, 0.3) is 50.3 Å². The number of pyridine rings is 2. The van der Waals surface area contributed by atoms with Crippen molar-refractivity contribution in [3.8, 4) is 28.5 Å². The fraction of sp³-hybridized carbons (Fsp3) is 0. The molecule has 6 aromatic carbocycles. The first-order chi connectivity index (χ1) is 28.3. The van der Waals surface area contributed by atoms with E-state index in [0.29, 0.717) is 5.95 Å². The molecule has 0 saturated carbocycles. The quantitative estimate of drug-likeness (QED) is 0.106. The van der Waals surface area contributed by atoms with Gasteiger partial charge in [0.1, 0.15) is 0 Å². The Kier molecular flexibility index (Phi) is 11.6. The van der Waals surface area contributed by atoms with Crippen LogP contribution in [0.3, 0.4) is 0 Å². The zero-order valence-electron chi connectivity index (χ0n) is 31.2. The Labute approximate surface area is 370 Å². The minimum absolute atomic E-state index is 0. The van der Waals surface area contributed by atoms with Gasteiger partial charge in [-0.3, -0.25) is 0 Å². The van der Waals surface area contributed by atoms with Crippen molar-refractivity contribution in [1.29, 1.82) is 0 Å². The van der Waals surface area contributed by atoms with Crippen molar-refractivity contribution in [2.45, 2.75) is 0 Å². The van der Waals surface area contributed by atoms with Crippen molar-refractivity contribution < 1.29 is 40.8 Å². The van der Waals surface area contributed by atoms with Crippen molar-refractivity contribution in [2.24, 2.45) is 0 Å². The first-order valence-corrected chi connectivity index (χ1v) is 18.6. The number of nitrogens with zero attached hydrogens (tertiary/aromatic N) is 7. The molecular formula is C50H31N7Pd2. The Morgan fingerprint density at radius 3 is 1.22 bits per heavy atom. The van der Waals surface area contributed by atoms with E-state index >= 15 is 0 Å². The maximum Gasteiger partial charge on any atom is 2.00 e. The Bertz CT molecular complexity index is 2780. The first-order valence-electron chi connectivity index (χ1n) is 18.6. The third-order valence-corrected chi connectivity index (χ3v) is 9.74. The second-order valence-electron chi connectivity index (χ2n) is 13.3. The topological polar surface area (TPSA) is 63.0 Å². The summed E-state index contributed by atoms with van der Waals surface area (Å²) in [6.45, 7) is 0. The first kappa shape index (κ1) is 39.3. The molecule has 0 atom stereocenters. The summed E-state index contributed by atoms with van der Waals surface area (Å²) in [6, 6.07) is 69.8. The summed E-state index contributed by atoms with van der Waals surface area (Å²) in [7, 11) is 0. The van der Waals surface area contributed by atoms with Gasteiger partial charge in [-0.1, -0.05) is 83.1 Å². The van der Waals surface area contributed by atoms with Crippen LogP contribution in [0.4, 0.5) is 34.1 Å². The van der Waals surface area contributed by atoms with Crippen LogP contribution in [-0.2, 0) is 40.8 Å². The molecule has 0 fully saturated rings. The molecule has 10 aromatic rings. The van der Waals surface area contributed by atoms with E-state index in [4.69, 9.17) is 9.97 Å². The van der Waals surface area contributed by atoms with Gasteiger partial charge in [0.05, 0.1) is 0 Å². The summed E-state index contributed by atoms with van der Waals surface area (Å²) in [5.74, 6) is 0.518. The second-order valence-corrected chi connectivity index (χ2v) is 13.3. The van der Waals surface area contributed by atoms with Crippen molar-refractivity contribution in [2.75, 3.05) is 9.80 Å². The Morgan fingerprint density at radius 2 is 0.780 bits per heavy atom. The maximum absolute atomic E-state index is 4.75. The van der Waals surface area contributed by atoms with Crippen molar-refractivity contribution in [3.63, 3.8) is 0 Å². The Balaban J connectivity index is 0.00000242. The van der Waals surface area contributed by atoms with Gasteiger partial charge in [0.2, 0.25) is 5.95 Å². The SMILES string of the molecule is [Pd+2].[Pd+2].[c-]1c(-c2ccccn2)cccc1N(c1[c-]c2c(cc1)c1ccc(N(c3[c-]c(-c4ccccn4)ccc3)c3ccccc3)[c-]c1n2-c1ncccn1)c1ccccc1. The molecule has 0 N–H and O–H groups in total. The normalized spacial score (nSPS) is 10.8. The van der Waals surface area contributed by atoms with Gasteiger partial charge >= 0.3 is 40.8 Å². The molecule has 0 aliphatic rings. The van der Waals surface area contributed by atoms with Crippen molar-refractivity contribution in [1.82, 2.24) is 24.5 Å². The fourth-order valence-electron chi connectivity index (χ4n) is 7.20. The molecule has 9 heteroatoms. The summed E-state index contributed by atoms with van der Waals surface area (Å²) in [5.41, 5.74) is 10.4. The predicted octanol–water partition coefficient (Wildman–Crippen LogP) is 11.8. The molecule has 7 nitrogen and oxygen atoms in total. The van der Waals surface area contributed by atoms with E-state index in [1.54, 1.807) is 24.8 Å². The molecule has 10 rings (SSSR count). The summed E-state index contributed by atoms with van der Waals surface area (Å²) < 4.78 is 2.05. The van der Waals surface area contributed by atoms with E-state index in [0.717, 1.165) is 78.4 Å². The van der Waals surface area contributed by atoms with Crippen LogP contribution in [0, 0.1) is 24.3 Å². The zero-order chi connectivity index (χ0) is 38.0. The second kappa shape index (κ2) is 17.5. The van der Waals surface area contributed by atoms with E-state index in [9.17, 15) is 0 Å². The monoisotopic (exact) mass is 941 g/mol. The fourth-order valence-corrected chi connectivity index (χ4v) is 7.20. The van der Waals surface area contributed by atoms with Gasteiger partial charge in [0.25, 0.3) is 0 Å². The maximum atomic E-state index is 4.75. The van der Waals surface area contributed by atoms with E-state index < -0.39 is 0 Å².